The maximum absolute atomic E-state index is 12.4. The molecule has 0 unspecified atom stereocenters. The van der Waals surface area contributed by atoms with Gasteiger partial charge in [0.1, 0.15) is 11.3 Å². The van der Waals surface area contributed by atoms with Crippen molar-refractivity contribution in [3.05, 3.63) is 40.2 Å². The summed E-state index contributed by atoms with van der Waals surface area (Å²) in [6, 6.07) is 6.78. The number of likely N-dealkylation sites (tertiary alicyclic amines) is 1. The van der Waals surface area contributed by atoms with Gasteiger partial charge in [0.05, 0.1) is 0 Å². The van der Waals surface area contributed by atoms with Crippen molar-refractivity contribution in [3.8, 4) is 5.75 Å². The molecule has 1 aliphatic heterocycles. The molecule has 23 heavy (non-hydrogen) atoms. The van der Waals surface area contributed by atoms with E-state index in [-0.39, 0.29) is 11.5 Å². The zero-order valence-corrected chi connectivity index (χ0v) is 13.5. The van der Waals surface area contributed by atoms with Crippen molar-refractivity contribution in [1.82, 2.24) is 4.90 Å². The molecule has 5 heteroatoms. The Morgan fingerprint density at radius 1 is 1.22 bits per heavy atom. The standard InChI is InChI=1S/C18H21NO4/c1-12-10-17(20)23-16-11-14(6-7-15(12)16)22-13(2)18(21)19-8-4-3-5-9-19/h6-7,10-11,13H,3-5,8-9H2,1-2H3/t13-/m1/s1. The lowest BCUT2D eigenvalue weighted by atomic mass is 10.1. The molecule has 0 spiro atoms. The number of amides is 1. The van der Waals surface area contributed by atoms with E-state index >= 15 is 0 Å². The van der Waals surface area contributed by atoms with Crippen LogP contribution in [0.4, 0.5) is 0 Å². The first-order valence-electron chi connectivity index (χ1n) is 8.04. The van der Waals surface area contributed by atoms with E-state index in [1.54, 1.807) is 19.1 Å². The predicted octanol–water partition coefficient (Wildman–Crippen LogP) is 2.88. The fourth-order valence-corrected chi connectivity index (χ4v) is 3.00. The third-order valence-electron chi connectivity index (χ3n) is 4.25. The molecular weight excluding hydrogens is 294 g/mol. The summed E-state index contributed by atoms with van der Waals surface area (Å²) in [7, 11) is 0. The summed E-state index contributed by atoms with van der Waals surface area (Å²) < 4.78 is 11.0. The monoisotopic (exact) mass is 315 g/mol. The summed E-state index contributed by atoms with van der Waals surface area (Å²) in [5, 5.41) is 0.868. The van der Waals surface area contributed by atoms with Gasteiger partial charge in [-0.05, 0) is 50.8 Å². The molecule has 0 saturated carbocycles. The third kappa shape index (κ3) is 3.38. The van der Waals surface area contributed by atoms with Gasteiger partial charge in [-0.25, -0.2) is 4.79 Å². The van der Waals surface area contributed by atoms with Crippen LogP contribution in [0, 0.1) is 6.92 Å². The van der Waals surface area contributed by atoms with Crippen LogP contribution < -0.4 is 10.4 Å². The molecule has 0 bridgehead atoms. The molecule has 1 fully saturated rings. The molecule has 122 valence electrons. The first-order chi connectivity index (χ1) is 11.0. The number of rotatable bonds is 3. The van der Waals surface area contributed by atoms with Gasteiger partial charge in [0.25, 0.3) is 5.91 Å². The first kappa shape index (κ1) is 15.6. The van der Waals surface area contributed by atoms with Gasteiger partial charge < -0.3 is 14.1 Å². The second-order valence-corrected chi connectivity index (χ2v) is 6.05. The van der Waals surface area contributed by atoms with Crippen molar-refractivity contribution in [2.24, 2.45) is 0 Å². The van der Waals surface area contributed by atoms with Crippen LogP contribution in [0.2, 0.25) is 0 Å². The van der Waals surface area contributed by atoms with Crippen LogP contribution in [-0.4, -0.2) is 30.0 Å². The number of hydrogen-bond acceptors (Lipinski definition) is 4. The van der Waals surface area contributed by atoms with Gasteiger partial charge in [0.15, 0.2) is 6.10 Å². The number of aryl methyl sites for hydroxylation is 1. The average molecular weight is 315 g/mol. The Morgan fingerprint density at radius 2 is 1.96 bits per heavy atom. The second kappa shape index (κ2) is 6.44. The van der Waals surface area contributed by atoms with Crippen LogP contribution in [0.15, 0.2) is 33.5 Å². The van der Waals surface area contributed by atoms with E-state index in [4.69, 9.17) is 9.15 Å². The highest BCUT2D eigenvalue weighted by molar-refractivity contribution is 5.82. The Hall–Kier alpha value is -2.30. The summed E-state index contributed by atoms with van der Waals surface area (Å²) in [6.45, 7) is 5.23. The molecule has 5 nitrogen and oxygen atoms in total. The van der Waals surface area contributed by atoms with Crippen LogP contribution in [0.25, 0.3) is 11.0 Å². The first-order valence-corrected chi connectivity index (χ1v) is 8.04. The maximum atomic E-state index is 12.4. The molecule has 0 N–H and O–H groups in total. The molecule has 0 radical (unpaired) electrons. The number of fused-ring (bicyclic) bond motifs is 1. The van der Waals surface area contributed by atoms with Crippen molar-refractivity contribution in [1.29, 1.82) is 0 Å². The van der Waals surface area contributed by atoms with Crippen molar-refractivity contribution in [3.63, 3.8) is 0 Å². The zero-order chi connectivity index (χ0) is 16.4. The molecule has 1 aromatic carbocycles. The predicted molar refractivity (Wildman–Crippen MR) is 87.7 cm³/mol. The largest absolute Gasteiger partial charge is 0.481 e. The quantitative estimate of drug-likeness (QED) is 0.817. The topological polar surface area (TPSA) is 59.8 Å². The number of hydrogen-bond donors (Lipinski definition) is 0. The molecule has 3 rings (SSSR count). The van der Waals surface area contributed by atoms with Crippen molar-refractivity contribution in [2.75, 3.05) is 13.1 Å². The Labute approximate surface area is 134 Å². The highest BCUT2D eigenvalue weighted by Crippen LogP contribution is 2.23. The van der Waals surface area contributed by atoms with E-state index < -0.39 is 6.10 Å². The van der Waals surface area contributed by atoms with Gasteiger partial charge >= 0.3 is 5.63 Å². The highest BCUT2D eigenvalue weighted by atomic mass is 16.5. The summed E-state index contributed by atoms with van der Waals surface area (Å²) in [6.07, 6.45) is 2.74. The molecular formula is C18H21NO4. The highest BCUT2D eigenvalue weighted by Gasteiger charge is 2.23. The van der Waals surface area contributed by atoms with Gasteiger partial charge in [-0.3, -0.25) is 4.79 Å². The lowest BCUT2D eigenvalue weighted by Crippen LogP contribution is -2.43. The Morgan fingerprint density at radius 3 is 2.70 bits per heavy atom. The van der Waals surface area contributed by atoms with Crippen LogP contribution in [-0.2, 0) is 4.79 Å². The number of carbonyl (C=O) groups excluding carboxylic acids is 1. The minimum absolute atomic E-state index is 0.00971. The summed E-state index contributed by atoms with van der Waals surface area (Å²) >= 11 is 0. The summed E-state index contributed by atoms with van der Waals surface area (Å²) in [4.78, 5) is 25.7. The molecule has 1 aromatic heterocycles. The van der Waals surface area contributed by atoms with Crippen molar-refractivity contribution in [2.45, 2.75) is 39.2 Å². The molecule has 1 aliphatic rings. The second-order valence-electron chi connectivity index (χ2n) is 6.05. The maximum Gasteiger partial charge on any atom is 0.336 e. The van der Waals surface area contributed by atoms with Gasteiger partial charge in [-0.1, -0.05) is 0 Å². The normalized spacial score (nSPS) is 16.3. The van der Waals surface area contributed by atoms with Gasteiger partial charge in [0, 0.05) is 30.6 Å². The molecule has 1 atom stereocenters. The summed E-state index contributed by atoms with van der Waals surface area (Å²) in [5.41, 5.74) is 0.954. The minimum Gasteiger partial charge on any atom is -0.481 e. The molecule has 1 amide bonds. The minimum atomic E-state index is -0.554. The van der Waals surface area contributed by atoms with Gasteiger partial charge in [-0.15, -0.1) is 0 Å². The Balaban J connectivity index is 1.78. The number of ether oxygens (including phenoxy) is 1. The number of piperidine rings is 1. The van der Waals surface area contributed by atoms with E-state index in [2.05, 4.69) is 0 Å². The van der Waals surface area contributed by atoms with E-state index in [9.17, 15) is 9.59 Å². The van der Waals surface area contributed by atoms with E-state index in [1.165, 1.54) is 12.5 Å². The molecule has 2 heterocycles. The van der Waals surface area contributed by atoms with Crippen LogP contribution in [0.5, 0.6) is 5.75 Å². The van der Waals surface area contributed by atoms with E-state index in [1.807, 2.05) is 17.9 Å². The van der Waals surface area contributed by atoms with E-state index in [0.717, 1.165) is 36.9 Å². The zero-order valence-electron chi connectivity index (χ0n) is 13.5. The van der Waals surface area contributed by atoms with E-state index in [0.29, 0.717) is 11.3 Å². The Bertz CT molecular complexity index is 774. The fraction of sp³-hybridized carbons (Fsp3) is 0.444. The third-order valence-corrected chi connectivity index (χ3v) is 4.25. The number of carbonyl (C=O) groups is 1. The molecule has 0 aliphatic carbocycles. The summed E-state index contributed by atoms with van der Waals surface area (Å²) in [5.74, 6) is 0.541. The molecule has 1 saturated heterocycles. The van der Waals surface area contributed by atoms with Crippen LogP contribution in [0.1, 0.15) is 31.7 Å². The molecule has 2 aromatic rings. The van der Waals surface area contributed by atoms with Gasteiger partial charge in [-0.2, -0.15) is 0 Å². The Kier molecular flexibility index (Phi) is 4.37. The van der Waals surface area contributed by atoms with Crippen LogP contribution >= 0.6 is 0 Å². The lowest BCUT2D eigenvalue weighted by molar-refractivity contribution is -0.138. The smallest absolute Gasteiger partial charge is 0.336 e. The average Bonchev–Trinajstić information content (AvgIpc) is 2.54. The SMILES string of the molecule is Cc1cc(=O)oc2cc(O[C@H](C)C(=O)N3CCCCC3)ccc12. The number of nitrogens with zero attached hydrogens (tertiary/aromatic N) is 1. The van der Waals surface area contributed by atoms with Crippen molar-refractivity contribution >= 4 is 16.9 Å². The van der Waals surface area contributed by atoms with Gasteiger partial charge in [0.2, 0.25) is 0 Å². The number of benzene rings is 1. The van der Waals surface area contributed by atoms with Crippen molar-refractivity contribution < 1.29 is 13.9 Å². The lowest BCUT2D eigenvalue weighted by Gasteiger charge is -2.29. The fourth-order valence-electron chi connectivity index (χ4n) is 3.00. The van der Waals surface area contributed by atoms with Crippen LogP contribution in [0.3, 0.4) is 0 Å².